The van der Waals surface area contributed by atoms with Gasteiger partial charge in [0.25, 0.3) is 0 Å². The van der Waals surface area contributed by atoms with Gasteiger partial charge in [-0.25, -0.2) is 4.98 Å². The number of nitrogens with zero attached hydrogens (tertiary/aromatic N) is 3. The number of hydrogen-bond acceptors (Lipinski definition) is 4. The van der Waals surface area contributed by atoms with Crippen molar-refractivity contribution in [3.05, 3.63) is 23.5 Å². The van der Waals surface area contributed by atoms with Crippen molar-refractivity contribution in [1.29, 1.82) is 5.26 Å². The molecule has 102 valence electrons. The monoisotopic (exact) mass is 271 g/mol. The number of hydrogen-bond donors (Lipinski definition) is 0. The van der Waals surface area contributed by atoms with Crippen molar-refractivity contribution in [3.63, 3.8) is 0 Å². The Kier molecular flexibility index (Phi) is 3.90. The lowest BCUT2D eigenvalue weighted by Crippen LogP contribution is -2.29. The van der Waals surface area contributed by atoms with Crippen LogP contribution in [0.4, 0.5) is 18.9 Å². The molecule has 0 bridgehead atoms. The maximum Gasteiger partial charge on any atom is 0.435 e. The fraction of sp³-hybridized carbons (Fsp3) is 0.500. The normalized spacial score (nSPS) is 16.8. The summed E-state index contributed by atoms with van der Waals surface area (Å²) >= 11 is 0. The van der Waals surface area contributed by atoms with Gasteiger partial charge in [-0.05, 0) is 18.6 Å². The summed E-state index contributed by atoms with van der Waals surface area (Å²) in [5.74, 6) is 0. The van der Waals surface area contributed by atoms with Gasteiger partial charge in [-0.1, -0.05) is 0 Å². The van der Waals surface area contributed by atoms with E-state index in [9.17, 15) is 13.2 Å². The molecule has 2 heterocycles. The quantitative estimate of drug-likeness (QED) is 0.785. The molecule has 2 rings (SSSR count). The molecule has 0 N–H and O–H groups in total. The van der Waals surface area contributed by atoms with Crippen LogP contribution in [0.15, 0.2) is 12.1 Å². The topological polar surface area (TPSA) is 49.2 Å². The lowest BCUT2D eigenvalue weighted by atomic mass is 10.2. The molecule has 0 spiro atoms. The van der Waals surface area contributed by atoms with Crippen molar-refractivity contribution in [2.75, 3.05) is 31.2 Å². The van der Waals surface area contributed by atoms with Crippen LogP contribution in [0.5, 0.6) is 0 Å². The standard InChI is InChI=1S/C12H12F3N3O/c13-12(14,15)11-10(3-2-9(8-16)17-11)18-4-1-6-19-7-5-18/h2-3H,1,4-7H2. The highest BCUT2D eigenvalue weighted by Gasteiger charge is 2.37. The van der Waals surface area contributed by atoms with Gasteiger partial charge >= 0.3 is 6.18 Å². The van der Waals surface area contributed by atoms with Crippen molar-refractivity contribution >= 4 is 5.69 Å². The van der Waals surface area contributed by atoms with Gasteiger partial charge in [0.2, 0.25) is 0 Å². The first-order valence-electron chi connectivity index (χ1n) is 5.83. The SMILES string of the molecule is N#Cc1ccc(N2CCCOCC2)c(C(F)(F)F)n1. The average Bonchev–Trinajstić information content (AvgIpc) is 2.65. The number of aromatic nitrogens is 1. The van der Waals surface area contributed by atoms with E-state index in [2.05, 4.69) is 4.98 Å². The molecule has 0 radical (unpaired) electrons. The van der Waals surface area contributed by atoms with E-state index in [4.69, 9.17) is 10.00 Å². The van der Waals surface area contributed by atoms with E-state index in [1.165, 1.54) is 12.1 Å². The Morgan fingerprint density at radius 3 is 2.74 bits per heavy atom. The first kappa shape index (κ1) is 13.6. The number of anilines is 1. The summed E-state index contributed by atoms with van der Waals surface area (Å²) in [6.45, 7) is 1.80. The minimum atomic E-state index is -4.57. The highest BCUT2D eigenvalue weighted by atomic mass is 19.4. The molecule has 1 saturated heterocycles. The maximum atomic E-state index is 13.0. The van der Waals surface area contributed by atoms with Crippen LogP contribution in [0.1, 0.15) is 17.8 Å². The summed E-state index contributed by atoms with van der Waals surface area (Å²) in [7, 11) is 0. The van der Waals surface area contributed by atoms with Gasteiger partial charge in [-0.3, -0.25) is 0 Å². The van der Waals surface area contributed by atoms with Crippen molar-refractivity contribution in [1.82, 2.24) is 4.98 Å². The van der Waals surface area contributed by atoms with Gasteiger partial charge < -0.3 is 9.64 Å². The van der Waals surface area contributed by atoms with E-state index >= 15 is 0 Å². The van der Waals surface area contributed by atoms with E-state index in [0.717, 1.165) is 0 Å². The summed E-state index contributed by atoms with van der Waals surface area (Å²) in [4.78, 5) is 5.00. The van der Waals surface area contributed by atoms with Crippen molar-refractivity contribution in [3.8, 4) is 6.07 Å². The Bertz CT molecular complexity index is 488. The van der Waals surface area contributed by atoms with Crippen molar-refractivity contribution in [2.24, 2.45) is 0 Å². The first-order valence-corrected chi connectivity index (χ1v) is 5.83. The Morgan fingerprint density at radius 2 is 2.05 bits per heavy atom. The second-order valence-electron chi connectivity index (χ2n) is 4.13. The van der Waals surface area contributed by atoms with E-state index in [-0.39, 0.29) is 11.4 Å². The van der Waals surface area contributed by atoms with Crippen LogP contribution in [0, 0.1) is 11.3 Å². The molecule has 0 amide bonds. The second kappa shape index (κ2) is 5.45. The Hall–Kier alpha value is -1.81. The molecule has 1 aliphatic heterocycles. The highest BCUT2D eigenvalue weighted by molar-refractivity contribution is 5.53. The number of halogens is 3. The second-order valence-corrected chi connectivity index (χ2v) is 4.13. The zero-order valence-corrected chi connectivity index (χ0v) is 10.1. The smallest absolute Gasteiger partial charge is 0.380 e. The average molecular weight is 271 g/mol. The lowest BCUT2D eigenvalue weighted by Gasteiger charge is -2.24. The summed E-state index contributed by atoms with van der Waals surface area (Å²) in [6.07, 6.45) is -3.91. The van der Waals surface area contributed by atoms with Crippen LogP contribution >= 0.6 is 0 Å². The summed E-state index contributed by atoms with van der Waals surface area (Å²) in [6, 6.07) is 4.23. The Labute approximate surface area is 108 Å². The van der Waals surface area contributed by atoms with E-state index in [0.29, 0.717) is 32.7 Å². The van der Waals surface area contributed by atoms with Gasteiger partial charge in [0.15, 0.2) is 5.69 Å². The Morgan fingerprint density at radius 1 is 1.26 bits per heavy atom. The summed E-state index contributed by atoms with van der Waals surface area (Å²) in [5, 5.41) is 8.66. The largest absolute Gasteiger partial charge is 0.435 e. The zero-order valence-electron chi connectivity index (χ0n) is 10.1. The molecule has 0 saturated carbocycles. The number of alkyl halides is 3. The molecule has 0 atom stereocenters. The van der Waals surface area contributed by atoms with Gasteiger partial charge in [-0.15, -0.1) is 0 Å². The van der Waals surface area contributed by atoms with Gasteiger partial charge in [0, 0.05) is 19.7 Å². The molecule has 1 aromatic heterocycles. The maximum absolute atomic E-state index is 13.0. The molecule has 1 aliphatic rings. The third-order valence-corrected chi connectivity index (χ3v) is 2.82. The van der Waals surface area contributed by atoms with Gasteiger partial charge in [-0.2, -0.15) is 18.4 Å². The van der Waals surface area contributed by atoms with Crippen molar-refractivity contribution in [2.45, 2.75) is 12.6 Å². The van der Waals surface area contributed by atoms with Crippen LogP contribution in [0.3, 0.4) is 0 Å². The molecular formula is C12H12F3N3O. The third kappa shape index (κ3) is 3.15. The molecular weight excluding hydrogens is 259 g/mol. The van der Waals surface area contributed by atoms with E-state index < -0.39 is 11.9 Å². The molecule has 0 aromatic carbocycles. The fourth-order valence-corrected chi connectivity index (χ4v) is 1.96. The van der Waals surface area contributed by atoms with Gasteiger partial charge in [0.1, 0.15) is 11.8 Å². The number of ether oxygens (including phenoxy) is 1. The van der Waals surface area contributed by atoms with Crippen LogP contribution < -0.4 is 4.90 Å². The van der Waals surface area contributed by atoms with Gasteiger partial charge in [0.05, 0.1) is 12.3 Å². The molecule has 1 aromatic rings. The summed E-state index contributed by atoms with van der Waals surface area (Å²) in [5.41, 5.74) is -1.23. The number of rotatable bonds is 1. The minimum Gasteiger partial charge on any atom is -0.380 e. The van der Waals surface area contributed by atoms with Crippen LogP contribution in [-0.2, 0) is 10.9 Å². The molecule has 0 aliphatic carbocycles. The molecule has 19 heavy (non-hydrogen) atoms. The minimum absolute atomic E-state index is 0.0111. The lowest BCUT2D eigenvalue weighted by molar-refractivity contribution is -0.140. The first-order chi connectivity index (χ1) is 9.02. The third-order valence-electron chi connectivity index (χ3n) is 2.82. The Balaban J connectivity index is 2.41. The van der Waals surface area contributed by atoms with Crippen molar-refractivity contribution < 1.29 is 17.9 Å². The molecule has 4 nitrogen and oxygen atoms in total. The van der Waals surface area contributed by atoms with Crippen LogP contribution in [0.25, 0.3) is 0 Å². The number of pyridine rings is 1. The predicted molar refractivity (Wildman–Crippen MR) is 61.6 cm³/mol. The predicted octanol–water partition coefficient (Wildman–Crippen LogP) is 2.20. The van der Waals surface area contributed by atoms with Crippen LogP contribution in [-0.4, -0.2) is 31.3 Å². The van der Waals surface area contributed by atoms with E-state index in [1.54, 1.807) is 11.0 Å². The van der Waals surface area contributed by atoms with E-state index in [1.807, 2.05) is 0 Å². The fourth-order valence-electron chi connectivity index (χ4n) is 1.96. The number of nitriles is 1. The highest BCUT2D eigenvalue weighted by Crippen LogP contribution is 2.35. The van der Waals surface area contributed by atoms with Crippen LogP contribution in [0.2, 0.25) is 0 Å². The molecule has 1 fully saturated rings. The zero-order chi connectivity index (χ0) is 13.9. The molecule has 0 unspecified atom stereocenters. The summed E-state index contributed by atoms with van der Waals surface area (Å²) < 4.78 is 44.2. The molecule has 7 heteroatoms.